The maximum Gasteiger partial charge on any atom is 0.270 e. The SMILES string of the molecule is CNC(=O)c1nccc2nn(Cc3cnc(OC4CCC4)c(C)c3)cc12. The van der Waals surface area contributed by atoms with Crippen LogP contribution in [0.1, 0.15) is 40.9 Å². The smallest absolute Gasteiger partial charge is 0.270 e. The van der Waals surface area contributed by atoms with Gasteiger partial charge in [-0.15, -0.1) is 0 Å². The maximum absolute atomic E-state index is 12.0. The van der Waals surface area contributed by atoms with Crippen molar-refractivity contribution in [3.05, 3.63) is 47.5 Å². The van der Waals surface area contributed by atoms with Crippen LogP contribution < -0.4 is 10.1 Å². The molecule has 7 heteroatoms. The molecule has 1 aliphatic carbocycles. The third kappa shape index (κ3) is 3.12. The van der Waals surface area contributed by atoms with Crippen molar-refractivity contribution in [2.45, 2.75) is 38.8 Å². The van der Waals surface area contributed by atoms with Crippen molar-refractivity contribution < 1.29 is 9.53 Å². The van der Waals surface area contributed by atoms with E-state index in [1.54, 1.807) is 19.3 Å². The van der Waals surface area contributed by atoms with Gasteiger partial charge in [0, 0.05) is 31.2 Å². The third-order valence-corrected chi connectivity index (χ3v) is 4.69. The van der Waals surface area contributed by atoms with Gasteiger partial charge in [0.25, 0.3) is 5.91 Å². The lowest BCUT2D eigenvalue weighted by Crippen LogP contribution is -2.25. The van der Waals surface area contributed by atoms with Crippen molar-refractivity contribution in [2.75, 3.05) is 7.05 Å². The largest absolute Gasteiger partial charge is 0.474 e. The molecule has 1 aliphatic rings. The topological polar surface area (TPSA) is 81.9 Å². The van der Waals surface area contributed by atoms with Crippen LogP contribution in [0.5, 0.6) is 5.88 Å². The van der Waals surface area contributed by atoms with Gasteiger partial charge in [-0.3, -0.25) is 14.5 Å². The Morgan fingerprint density at radius 1 is 1.38 bits per heavy atom. The second-order valence-electron chi connectivity index (χ2n) is 6.63. The average molecular weight is 351 g/mol. The summed E-state index contributed by atoms with van der Waals surface area (Å²) >= 11 is 0. The van der Waals surface area contributed by atoms with Crippen LogP contribution in [0, 0.1) is 6.92 Å². The lowest BCUT2D eigenvalue weighted by molar-refractivity contribution is 0.0960. The number of ether oxygens (including phenoxy) is 1. The second kappa shape index (κ2) is 6.74. The van der Waals surface area contributed by atoms with Gasteiger partial charge in [-0.05, 0) is 43.9 Å². The first kappa shape index (κ1) is 16.5. The van der Waals surface area contributed by atoms with Gasteiger partial charge in [0.1, 0.15) is 11.8 Å². The van der Waals surface area contributed by atoms with E-state index in [2.05, 4.69) is 26.4 Å². The Hall–Kier alpha value is -2.96. The summed E-state index contributed by atoms with van der Waals surface area (Å²) in [6, 6.07) is 3.88. The quantitative estimate of drug-likeness (QED) is 0.764. The molecular formula is C19H21N5O2. The van der Waals surface area contributed by atoms with Gasteiger partial charge in [0.2, 0.25) is 5.88 Å². The molecule has 26 heavy (non-hydrogen) atoms. The van der Waals surface area contributed by atoms with E-state index in [1.807, 2.05) is 24.0 Å². The lowest BCUT2D eigenvalue weighted by Gasteiger charge is -2.26. The van der Waals surface area contributed by atoms with Crippen LogP contribution in [-0.4, -0.2) is 38.8 Å². The third-order valence-electron chi connectivity index (χ3n) is 4.69. The van der Waals surface area contributed by atoms with Gasteiger partial charge >= 0.3 is 0 Å². The van der Waals surface area contributed by atoms with Gasteiger partial charge in [-0.2, -0.15) is 5.10 Å². The van der Waals surface area contributed by atoms with Crippen molar-refractivity contribution in [1.82, 2.24) is 25.1 Å². The van der Waals surface area contributed by atoms with E-state index in [9.17, 15) is 4.79 Å². The van der Waals surface area contributed by atoms with E-state index >= 15 is 0 Å². The number of hydrogen-bond acceptors (Lipinski definition) is 5. The molecule has 1 saturated carbocycles. The Balaban J connectivity index is 1.57. The minimum Gasteiger partial charge on any atom is -0.474 e. The number of pyridine rings is 2. The highest BCUT2D eigenvalue weighted by Gasteiger charge is 2.20. The number of aryl methyl sites for hydroxylation is 1. The zero-order valence-corrected chi connectivity index (χ0v) is 14.9. The van der Waals surface area contributed by atoms with Crippen LogP contribution in [0.4, 0.5) is 0 Å². The normalized spacial score (nSPS) is 14.2. The van der Waals surface area contributed by atoms with Crippen LogP contribution in [0.25, 0.3) is 10.9 Å². The molecule has 7 nitrogen and oxygen atoms in total. The Morgan fingerprint density at radius 3 is 2.92 bits per heavy atom. The van der Waals surface area contributed by atoms with E-state index in [1.165, 1.54) is 6.42 Å². The molecule has 0 radical (unpaired) electrons. The number of nitrogens with one attached hydrogen (secondary N) is 1. The number of fused-ring (bicyclic) bond motifs is 1. The molecule has 3 aromatic rings. The zero-order valence-electron chi connectivity index (χ0n) is 14.9. The fourth-order valence-corrected chi connectivity index (χ4v) is 3.04. The van der Waals surface area contributed by atoms with Gasteiger partial charge in [-0.25, -0.2) is 4.98 Å². The molecule has 3 aromatic heterocycles. The minimum absolute atomic E-state index is 0.217. The van der Waals surface area contributed by atoms with Crippen LogP contribution in [0.2, 0.25) is 0 Å². The molecule has 1 N–H and O–H groups in total. The van der Waals surface area contributed by atoms with E-state index in [0.717, 1.165) is 40.8 Å². The first-order chi connectivity index (χ1) is 12.6. The van der Waals surface area contributed by atoms with Gasteiger partial charge in [0.05, 0.1) is 17.4 Å². The first-order valence-electron chi connectivity index (χ1n) is 8.80. The Labute approximate surface area is 151 Å². The molecule has 0 spiro atoms. The fourth-order valence-electron chi connectivity index (χ4n) is 3.04. The summed E-state index contributed by atoms with van der Waals surface area (Å²) in [6.45, 7) is 2.58. The Morgan fingerprint density at radius 2 is 2.23 bits per heavy atom. The number of hydrogen-bond donors (Lipinski definition) is 1. The number of carbonyl (C=O) groups is 1. The number of amides is 1. The summed E-state index contributed by atoms with van der Waals surface area (Å²) in [4.78, 5) is 20.6. The number of rotatable bonds is 5. The van der Waals surface area contributed by atoms with E-state index in [4.69, 9.17) is 4.74 Å². The molecule has 0 aliphatic heterocycles. The van der Waals surface area contributed by atoms with Gasteiger partial charge < -0.3 is 10.1 Å². The van der Waals surface area contributed by atoms with Crippen LogP contribution >= 0.6 is 0 Å². The maximum atomic E-state index is 12.0. The summed E-state index contributed by atoms with van der Waals surface area (Å²) in [5.41, 5.74) is 3.19. The Kier molecular flexibility index (Phi) is 4.28. The molecule has 0 unspecified atom stereocenters. The summed E-state index contributed by atoms with van der Waals surface area (Å²) in [5.74, 6) is 0.500. The number of nitrogens with zero attached hydrogens (tertiary/aromatic N) is 4. The van der Waals surface area contributed by atoms with Crippen LogP contribution in [-0.2, 0) is 6.54 Å². The summed E-state index contributed by atoms with van der Waals surface area (Å²) < 4.78 is 7.71. The Bertz CT molecular complexity index is 962. The monoisotopic (exact) mass is 351 g/mol. The summed E-state index contributed by atoms with van der Waals surface area (Å²) in [6.07, 6.45) is 9.06. The van der Waals surface area contributed by atoms with Gasteiger partial charge in [-0.1, -0.05) is 0 Å². The standard InChI is InChI=1S/C19H21N5O2/c1-12-8-13(9-22-19(12)26-14-4-3-5-14)10-24-11-15-16(23-24)6-7-21-17(15)18(25)20-2/h6-9,11,14H,3-5,10H2,1-2H3,(H,20,25). The molecule has 3 heterocycles. The fraction of sp³-hybridized carbons (Fsp3) is 0.368. The van der Waals surface area contributed by atoms with E-state index < -0.39 is 0 Å². The molecule has 0 saturated heterocycles. The highest BCUT2D eigenvalue weighted by molar-refractivity contribution is 6.03. The molecule has 0 aromatic carbocycles. The van der Waals surface area contributed by atoms with Crippen molar-refractivity contribution in [1.29, 1.82) is 0 Å². The molecule has 1 amide bonds. The van der Waals surface area contributed by atoms with Crippen molar-refractivity contribution >= 4 is 16.8 Å². The molecule has 1 fully saturated rings. The number of aromatic nitrogens is 4. The predicted octanol–water partition coefficient (Wildman–Crippen LogP) is 2.47. The number of carbonyl (C=O) groups excluding carboxylic acids is 1. The van der Waals surface area contributed by atoms with E-state index in [0.29, 0.717) is 18.3 Å². The van der Waals surface area contributed by atoms with Gasteiger partial charge in [0.15, 0.2) is 0 Å². The summed E-state index contributed by atoms with van der Waals surface area (Å²) in [5, 5.41) is 7.89. The average Bonchev–Trinajstić information content (AvgIpc) is 3.01. The van der Waals surface area contributed by atoms with Crippen LogP contribution in [0.3, 0.4) is 0 Å². The van der Waals surface area contributed by atoms with Crippen molar-refractivity contribution in [2.24, 2.45) is 0 Å². The molecular weight excluding hydrogens is 330 g/mol. The molecule has 134 valence electrons. The highest BCUT2D eigenvalue weighted by Crippen LogP contribution is 2.26. The predicted molar refractivity (Wildman–Crippen MR) is 97.3 cm³/mol. The highest BCUT2D eigenvalue weighted by atomic mass is 16.5. The second-order valence-corrected chi connectivity index (χ2v) is 6.63. The van der Waals surface area contributed by atoms with Crippen LogP contribution in [0.15, 0.2) is 30.7 Å². The lowest BCUT2D eigenvalue weighted by atomic mass is 9.96. The van der Waals surface area contributed by atoms with E-state index in [-0.39, 0.29) is 5.91 Å². The first-order valence-corrected chi connectivity index (χ1v) is 8.80. The molecule has 0 bridgehead atoms. The minimum atomic E-state index is -0.217. The zero-order chi connectivity index (χ0) is 18.1. The van der Waals surface area contributed by atoms with Crippen molar-refractivity contribution in [3.63, 3.8) is 0 Å². The molecule has 0 atom stereocenters. The van der Waals surface area contributed by atoms with Crippen molar-refractivity contribution in [3.8, 4) is 5.88 Å². The summed E-state index contributed by atoms with van der Waals surface area (Å²) in [7, 11) is 1.59. The molecule has 4 rings (SSSR count).